The second-order valence-electron chi connectivity index (χ2n) is 19.1. The van der Waals surface area contributed by atoms with Crippen LogP contribution in [0.25, 0.3) is 0 Å². The summed E-state index contributed by atoms with van der Waals surface area (Å²) in [6.45, 7) is 3.46. The molecule has 7 bridgehead atoms. The predicted octanol–water partition coefficient (Wildman–Crippen LogP) is 7.08. The molecule has 7 unspecified atom stereocenters. The number of piperidine rings is 1. The molecule has 1 aromatic carbocycles. The Labute approximate surface area is 358 Å². The molecule has 11 nitrogen and oxygen atoms in total. The van der Waals surface area contributed by atoms with Gasteiger partial charge >= 0.3 is 11.9 Å². The van der Waals surface area contributed by atoms with Crippen LogP contribution >= 0.6 is 0 Å². The lowest BCUT2D eigenvalue weighted by Gasteiger charge is -2.69. The number of aliphatic hydroxyl groups excluding tert-OH is 1. The number of methoxy groups -OCH3 is 4. The van der Waals surface area contributed by atoms with E-state index in [1.165, 1.54) is 26.4 Å². The van der Waals surface area contributed by atoms with Crippen LogP contribution in [0.2, 0.25) is 0 Å². The number of unbranched alkanes of at least 4 members (excludes halogenated alkanes) is 8. The number of carbonyl (C=O) groups excluding carboxylic acids is 2. The van der Waals surface area contributed by atoms with E-state index in [0.29, 0.717) is 18.6 Å². The molecule has 0 amide bonds. The van der Waals surface area contributed by atoms with Crippen molar-refractivity contribution < 1.29 is 48.2 Å². The number of nitrogens with zero attached hydrogens (tertiary/aromatic N) is 1. The zero-order chi connectivity index (χ0) is 42.7. The van der Waals surface area contributed by atoms with Crippen molar-refractivity contribution in [1.29, 1.82) is 0 Å². The summed E-state index contributed by atoms with van der Waals surface area (Å²) in [4.78, 5) is 30.9. The Hall–Kier alpha value is -2.64. The summed E-state index contributed by atoms with van der Waals surface area (Å²) in [5, 5.41) is 26.0. The van der Waals surface area contributed by atoms with Crippen LogP contribution in [0.15, 0.2) is 54.6 Å². The molecule has 11 heteroatoms. The summed E-state index contributed by atoms with van der Waals surface area (Å²) in [5.41, 5.74) is -4.00. The Morgan fingerprint density at radius 2 is 1.57 bits per heavy atom. The number of aliphatic hydroxyl groups is 2. The predicted molar refractivity (Wildman–Crippen MR) is 228 cm³/mol. The minimum atomic E-state index is -1.78. The number of allylic oxidation sites excluding steroid dienone is 4. The fraction of sp³-hybridized carbons (Fsp3) is 0.755. The highest BCUT2D eigenvalue weighted by atomic mass is 16.6. The number of esters is 2. The third-order valence-corrected chi connectivity index (χ3v) is 16.1. The first-order valence-electron chi connectivity index (χ1n) is 23.0. The Bertz CT molecular complexity index is 1670. The van der Waals surface area contributed by atoms with Gasteiger partial charge in [0.05, 0.1) is 24.4 Å². The zero-order valence-electron chi connectivity index (χ0n) is 37.1. The molecule has 1 aromatic rings. The average Bonchev–Trinajstić information content (AvgIpc) is 3.64. The lowest BCUT2D eigenvalue weighted by molar-refractivity contribution is -0.317. The molecule has 6 fully saturated rings. The van der Waals surface area contributed by atoms with Gasteiger partial charge < -0.3 is 43.5 Å². The number of benzene rings is 1. The molecular weight excluding hydrogens is 763 g/mol. The smallest absolute Gasteiger partial charge is 0.338 e. The number of carbonyl (C=O) groups is 2. The van der Waals surface area contributed by atoms with Crippen molar-refractivity contribution in [3.63, 3.8) is 0 Å². The molecule has 0 radical (unpaired) electrons. The van der Waals surface area contributed by atoms with E-state index < -0.39 is 70.7 Å². The minimum absolute atomic E-state index is 0.117. The fourth-order valence-corrected chi connectivity index (χ4v) is 14.3. The van der Waals surface area contributed by atoms with E-state index in [2.05, 4.69) is 43.2 Å². The van der Waals surface area contributed by atoms with Crippen molar-refractivity contribution in [1.82, 2.24) is 4.90 Å². The van der Waals surface area contributed by atoms with Gasteiger partial charge in [0.15, 0.2) is 5.60 Å². The molecule has 14 atom stereocenters. The van der Waals surface area contributed by atoms with Crippen molar-refractivity contribution in [2.75, 3.05) is 48.6 Å². The van der Waals surface area contributed by atoms with Crippen molar-refractivity contribution in [3.8, 4) is 0 Å². The van der Waals surface area contributed by atoms with E-state index in [9.17, 15) is 19.8 Å². The third-order valence-electron chi connectivity index (χ3n) is 16.1. The van der Waals surface area contributed by atoms with Crippen LogP contribution in [0.5, 0.6) is 0 Å². The van der Waals surface area contributed by atoms with Gasteiger partial charge in [0.1, 0.15) is 23.9 Å². The third kappa shape index (κ3) is 7.33. The van der Waals surface area contributed by atoms with Crippen molar-refractivity contribution in [2.45, 2.75) is 151 Å². The van der Waals surface area contributed by atoms with Crippen molar-refractivity contribution in [2.24, 2.45) is 34.5 Å². The molecule has 1 saturated heterocycles. The molecule has 60 heavy (non-hydrogen) atoms. The number of hydrogen-bond acceptors (Lipinski definition) is 11. The highest BCUT2D eigenvalue weighted by molar-refractivity contribution is 5.89. The van der Waals surface area contributed by atoms with Gasteiger partial charge in [-0.1, -0.05) is 81.5 Å². The maximum atomic E-state index is 14.5. The average molecular weight is 836 g/mol. The number of likely N-dealkylation sites (tertiary alicyclic amines) is 1. The number of fused-ring (bicyclic) bond motifs is 2. The van der Waals surface area contributed by atoms with Crippen LogP contribution in [0, 0.1) is 34.5 Å². The van der Waals surface area contributed by atoms with E-state index >= 15 is 0 Å². The second-order valence-corrected chi connectivity index (χ2v) is 19.1. The van der Waals surface area contributed by atoms with Gasteiger partial charge in [0.2, 0.25) is 0 Å². The summed E-state index contributed by atoms with van der Waals surface area (Å²) in [7, 11) is 8.79. The van der Waals surface area contributed by atoms with Crippen LogP contribution in [0.1, 0.15) is 114 Å². The topological polar surface area (TPSA) is 133 Å². The number of ether oxygens (including phenoxy) is 6. The lowest BCUT2D eigenvalue weighted by atomic mass is 9.43. The lowest BCUT2D eigenvalue weighted by Crippen LogP contribution is -2.80. The van der Waals surface area contributed by atoms with Gasteiger partial charge in [-0.3, -0.25) is 4.79 Å². The molecular formula is C49H73NO10. The Kier molecular flexibility index (Phi) is 14.4. The highest BCUT2D eigenvalue weighted by Gasteiger charge is 2.91. The van der Waals surface area contributed by atoms with Crippen LogP contribution < -0.4 is 0 Å². The van der Waals surface area contributed by atoms with Gasteiger partial charge in [-0.05, 0) is 82.9 Å². The summed E-state index contributed by atoms with van der Waals surface area (Å²) >= 11 is 0. The number of rotatable bonds is 22. The molecule has 0 aromatic heterocycles. The summed E-state index contributed by atoms with van der Waals surface area (Å²) in [6, 6.07) is 8.50. The van der Waals surface area contributed by atoms with Crippen molar-refractivity contribution in [3.05, 3.63) is 60.2 Å². The zero-order valence-corrected chi connectivity index (χ0v) is 37.1. The Morgan fingerprint density at radius 3 is 2.23 bits per heavy atom. The molecule has 1 aliphatic heterocycles. The minimum Gasteiger partial charge on any atom is -0.455 e. The standard InChI is InChI=1S/C49H73NO10/c1-7-8-9-10-11-12-13-14-15-16-17-18-19-20-24-27-36(51)60-49-37-34(30-47(54,44(58-6)42(49)52)43(37)59-45(53)33-25-22-21-23-26-33)48-35(56-4)28-29-46(32-55-3)31-50(2)41(48)38(49)39(57-5)40(46)48/h11-12,14-15,21-23,25-26,34-35,37-44,52,54H,7-10,13,16-20,24,27-32H2,1-6H3/b12-11+,15-14+/t34?,35-,37?,38-,39?,40?,41?,42-,43?,44-,46-,47?,48-,49+/m0/s1. The SMILES string of the molecule is CCCCC/C=C/C/C=C/CCCCCCCC(=O)O[C@]12C3C(OC(=O)c4ccccc4)C(O)(CC3[C@@]34C5[C@@H]1C(OC)C3[C@@](COC)(CC[C@@H]4OC)CN5C)[C@@H](OC)[C@@H]2O. The molecule has 1 spiro atoms. The van der Waals surface area contributed by atoms with E-state index in [0.717, 1.165) is 64.3 Å². The van der Waals surface area contributed by atoms with E-state index in [1.54, 1.807) is 45.6 Å². The van der Waals surface area contributed by atoms with Crippen LogP contribution in [0.4, 0.5) is 0 Å². The van der Waals surface area contributed by atoms with Gasteiger partial charge in [-0.2, -0.15) is 0 Å². The Balaban J connectivity index is 1.17. The summed E-state index contributed by atoms with van der Waals surface area (Å²) in [5.74, 6) is -2.84. The molecule has 334 valence electrons. The maximum Gasteiger partial charge on any atom is 0.338 e. The number of hydrogen-bond donors (Lipinski definition) is 2. The van der Waals surface area contributed by atoms with E-state index in [1.807, 2.05) is 6.07 Å². The van der Waals surface area contributed by atoms with Gasteiger partial charge in [-0.25, -0.2) is 4.79 Å². The van der Waals surface area contributed by atoms with Crippen molar-refractivity contribution >= 4 is 11.9 Å². The molecule has 2 N–H and O–H groups in total. The molecule has 7 rings (SSSR count). The van der Waals surface area contributed by atoms with Crippen LogP contribution in [-0.4, -0.2) is 123 Å². The van der Waals surface area contributed by atoms with Gasteiger partial charge in [0.25, 0.3) is 0 Å². The van der Waals surface area contributed by atoms with Crippen LogP contribution in [-0.2, 0) is 33.2 Å². The molecule has 5 saturated carbocycles. The van der Waals surface area contributed by atoms with E-state index in [-0.39, 0.29) is 36.3 Å². The molecule has 1 heterocycles. The monoisotopic (exact) mass is 836 g/mol. The first kappa shape index (κ1) is 45.4. The summed E-state index contributed by atoms with van der Waals surface area (Å²) in [6.07, 6.45) is 18.3. The van der Waals surface area contributed by atoms with Gasteiger partial charge in [0, 0.05) is 76.0 Å². The Morgan fingerprint density at radius 1 is 0.867 bits per heavy atom. The summed E-state index contributed by atoms with van der Waals surface area (Å²) < 4.78 is 38.8. The molecule has 5 aliphatic carbocycles. The normalized spacial score (nSPS) is 40.1. The highest BCUT2D eigenvalue weighted by Crippen LogP contribution is 2.80. The first-order valence-corrected chi connectivity index (χ1v) is 23.0. The largest absolute Gasteiger partial charge is 0.455 e. The quantitative estimate of drug-likeness (QED) is 0.0706. The fourth-order valence-electron chi connectivity index (χ4n) is 14.3. The van der Waals surface area contributed by atoms with Gasteiger partial charge in [-0.15, -0.1) is 0 Å². The maximum absolute atomic E-state index is 14.5. The first-order chi connectivity index (χ1) is 29.1. The van der Waals surface area contributed by atoms with Crippen LogP contribution in [0.3, 0.4) is 0 Å². The molecule has 6 aliphatic rings. The van der Waals surface area contributed by atoms with E-state index in [4.69, 9.17) is 28.4 Å². The second kappa shape index (κ2) is 19.0.